The molecule has 0 amide bonds. The van der Waals surface area contributed by atoms with Gasteiger partial charge in [0.1, 0.15) is 6.29 Å². The highest BCUT2D eigenvalue weighted by molar-refractivity contribution is 5.49. The molecule has 29 heavy (non-hydrogen) atoms. The van der Waals surface area contributed by atoms with Gasteiger partial charge in [-0.1, -0.05) is 32.9 Å². The Morgan fingerprint density at radius 3 is 2.66 bits per heavy atom. The number of fused-ring (bicyclic) bond motifs is 5. The van der Waals surface area contributed by atoms with Crippen LogP contribution in [0.4, 0.5) is 0 Å². The van der Waals surface area contributed by atoms with Gasteiger partial charge in [0, 0.05) is 24.2 Å². The maximum absolute atomic E-state index is 11.4. The van der Waals surface area contributed by atoms with Crippen LogP contribution in [0.2, 0.25) is 0 Å². The van der Waals surface area contributed by atoms with Gasteiger partial charge in [0.2, 0.25) is 6.04 Å². The smallest absolute Gasteiger partial charge is 0.213 e. The second-order valence-corrected chi connectivity index (χ2v) is 11.4. The first-order valence-corrected chi connectivity index (χ1v) is 12.0. The molecule has 0 saturated heterocycles. The highest BCUT2D eigenvalue weighted by Crippen LogP contribution is 2.69. The Kier molecular flexibility index (Phi) is 5.44. The summed E-state index contributed by atoms with van der Waals surface area (Å²) in [6, 6.07) is -0.323. The summed E-state index contributed by atoms with van der Waals surface area (Å²) in [7, 11) is 0. The average molecular weight is 402 g/mol. The molecule has 9 atom stereocenters. The van der Waals surface area contributed by atoms with Gasteiger partial charge in [0.05, 0.1) is 0 Å². The largest absolute Gasteiger partial charge is 0.303 e. The van der Waals surface area contributed by atoms with Gasteiger partial charge in [0.25, 0.3) is 0 Å². The molecule has 162 valence electrons. The van der Waals surface area contributed by atoms with Crippen LogP contribution < -0.4 is 0 Å². The lowest BCUT2D eigenvalue weighted by molar-refractivity contribution is -0.530. The number of hydrogen-bond donors (Lipinski definition) is 0. The van der Waals surface area contributed by atoms with E-state index in [0.717, 1.165) is 44.3 Å². The van der Waals surface area contributed by atoms with E-state index in [1.807, 2.05) is 0 Å². The fourth-order valence-electron chi connectivity index (χ4n) is 8.78. The maximum atomic E-state index is 11.4. The first-order valence-electron chi connectivity index (χ1n) is 12.0. The van der Waals surface area contributed by atoms with Crippen LogP contribution in [0.5, 0.6) is 0 Å². The highest BCUT2D eigenvalue weighted by atomic mass is 16.6. The summed E-state index contributed by atoms with van der Waals surface area (Å²) in [6.07, 6.45) is 11.4. The van der Waals surface area contributed by atoms with Crippen LogP contribution in [0.25, 0.3) is 0 Å². The second-order valence-electron chi connectivity index (χ2n) is 11.4. The van der Waals surface area contributed by atoms with E-state index in [0.29, 0.717) is 36.0 Å². The highest BCUT2D eigenvalue weighted by Gasteiger charge is 2.62. The molecule has 4 aliphatic rings. The quantitative estimate of drug-likeness (QED) is 0.243. The fourth-order valence-corrected chi connectivity index (χ4v) is 8.78. The molecular weight excluding hydrogens is 362 g/mol. The van der Waals surface area contributed by atoms with Crippen LogP contribution in [-0.4, -0.2) is 17.3 Å². The summed E-state index contributed by atoms with van der Waals surface area (Å²) in [6.45, 7) is 12.0. The van der Waals surface area contributed by atoms with Crippen molar-refractivity contribution < 1.29 is 9.72 Å². The van der Waals surface area contributed by atoms with Gasteiger partial charge in [-0.15, -0.1) is 0 Å². The van der Waals surface area contributed by atoms with Crippen LogP contribution in [0.1, 0.15) is 85.0 Å². The molecule has 0 bridgehead atoms. The van der Waals surface area contributed by atoms with Crippen LogP contribution in [-0.2, 0) is 4.79 Å². The monoisotopic (exact) mass is 401 g/mol. The molecule has 8 unspecified atom stereocenters. The van der Waals surface area contributed by atoms with Gasteiger partial charge >= 0.3 is 0 Å². The Hall–Kier alpha value is -1.19. The molecule has 4 nitrogen and oxygen atoms in total. The van der Waals surface area contributed by atoms with Crippen LogP contribution >= 0.6 is 0 Å². The van der Waals surface area contributed by atoms with Crippen molar-refractivity contribution in [3.8, 4) is 0 Å². The molecule has 0 aromatic heterocycles. The summed E-state index contributed by atoms with van der Waals surface area (Å²) >= 11 is 0. The lowest BCUT2D eigenvalue weighted by Gasteiger charge is -2.61. The van der Waals surface area contributed by atoms with Gasteiger partial charge in [-0.3, -0.25) is 10.1 Å². The Bertz CT molecular complexity index is 690. The SMILES string of the molecule is C=C1CC2C(CCC3CC([N+](=O)[O-])CCC32C)C2CC[C@H](C(C)CCC=O)C12C. The standard InChI is InChI=1S/C25H39NO3/c1-16(6-5-13-27)21-9-10-22-20-8-7-18-15-19(26(28)29)11-12-24(18,3)23(20)14-17(2)25(21,22)4/h13,16,18-23H,2,5-12,14-15H2,1,3-4H3/t16?,18?,19?,20?,21-,22?,23?,24?,25?/m1/s1. The number of carbonyl (C=O) groups is 1. The van der Waals surface area contributed by atoms with E-state index in [1.165, 1.54) is 31.3 Å². The van der Waals surface area contributed by atoms with Crippen molar-refractivity contribution in [2.45, 2.75) is 91.0 Å². The molecular formula is C25H39NO3. The van der Waals surface area contributed by atoms with E-state index in [-0.39, 0.29) is 21.8 Å². The molecule has 0 aromatic carbocycles. The molecule has 4 aliphatic carbocycles. The van der Waals surface area contributed by atoms with Crippen LogP contribution in [0.15, 0.2) is 12.2 Å². The summed E-state index contributed by atoms with van der Waals surface area (Å²) in [5.41, 5.74) is 1.91. The zero-order chi connectivity index (χ0) is 21.0. The zero-order valence-electron chi connectivity index (χ0n) is 18.6. The van der Waals surface area contributed by atoms with Gasteiger partial charge < -0.3 is 4.79 Å². The summed E-state index contributed by atoms with van der Waals surface area (Å²) in [5, 5.41) is 11.4. The van der Waals surface area contributed by atoms with E-state index in [4.69, 9.17) is 0 Å². The summed E-state index contributed by atoms with van der Waals surface area (Å²) < 4.78 is 0. The minimum atomic E-state index is -0.323. The first-order chi connectivity index (χ1) is 13.7. The van der Waals surface area contributed by atoms with Crippen molar-refractivity contribution in [1.82, 2.24) is 0 Å². The van der Waals surface area contributed by atoms with Gasteiger partial charge in [0.15, 0.2) is 0 Å². The van der Waals surface area contributed by atoms with Crippen LogP contribution in [0, 0.1) is 56.5 Å². The van der Waals surface area contributed by atoms with Crippen molar-refractivity contribution in [1.29, 1.82) is 0 Å². The Morgan fingerprint density at radius 1 is 1.21 bits per heavy atom. The molecule has 0 aliphatic heterocycles. The average Bonchev–Trinajstić information content (AvgIpc) is 3.05. The predicted molar refractivity (Wildman–Crippen MR) is 115 cm³/mol. The number of rotatable bonds is 5. The lowest BCUT2D eigenvalue weighted by atomic mass is 9.43. The third-order valence-electron chi connectivity index (χ3n) is 10.5. The minimum absolute atomic E-state index is 0.0230. The number of carbonyl (C=O) groups excluding carboxylic acids is 1. The molecule has 4 fully saturated rings. The van der Waals surface area contributed by atoms with E-state index in [1.54, 1.807) is 0 Å². The Morgan fingerprint density at radius 2 is 1.97 bits per heavy atom. The molecule has 0 radical (unpaired) electrons. The summed E-state index contributed by atoms with van der Waals surface area (Å²) in [5.74, 6) is 3.85. The predicted octanol–water partition coefficient (Wildman–Crippen LogP) is 6.07. The number of nitro groups is 1. The molecule has 0 spiro atoms. The van der Waals surface area contributed by atoms with E-state index < -0.39 is 0 Å². The number of aldehydes is 1. The molecule has 4 heteroatoms. The van der Waals surface area contributed by atoms with E-state index in [9.17, 15) is 14.9 Å². The second kappa shape index (κ2) is 7.50. The third kappa shape index (κ3) is 3.11. The van der Waals surface area contributed by atoms with Gasteiger partial charge in [-0.25, -0.2) is 0 Å². The van der Waals surface area contributed by atoms with Crippen molar-refractivity contribution in [3.05, 3.63) is 22.3 Å². The normalized spacial score (nSPS) is 47.6. The van der Waals surface area contributed by atoms with Crippen molar-refractivity contribution >= 4 is 6.29 Å². The van der Waals surface area contributed by atoms with Gasteiger partial charge in [-0.05, 0) is 91.3 Å². The minimum Gasteiger partial charge on any atom is -0.303 e. The number of nitrogens with zero attached hydrogens (tertiary/aromatic N) is 1. The molecule has 0 aromatic rings. The third-order valence-corrected chi connectivity index (χ3v) is 10.5. The lowest BCUT2D eigenvalue weighted by Crippen LogP contribution is -2.55. The maximum Gasteiger partial charge on any atom is 0.213 e. The summed E-state index contributed by atoms with van der Waals surface area (Å²) in [4.78, 5) is 22.3. The van der Waals surface area contributed by atoms with Gasteiger partial charge in [-0.2, -0.15) is 0 Å². The molecule has 0 heterocycles. The zero-order valence-corrected chi connectivity index (χ0v) is 18.6. The Labute approximate surface area is 176 Å². The van der Waals surface area contributed by atoms with Crippen LogP contribution in [0.3, 0.4) is 0 Å². The Balaban J connectivity index is 1.57. The van der Waals surface area contributed by atoms with E-state index >= 15 is 0 Å². The molecule has 4 rings (SSSR count). The van der Waals surface area contributed by atoms with Crippen molar-refractivity contribution in [2.24, 2.45) is 46.3 Å². The molecule has 4 saturated carbocycles. The van der Waals surface area contributed by atoms with Crippen molar-refractivity contribution in [3.63, 3.8) is 0 Å². The topological polar surface area (TPSA) is 60.2 Å². The molecule has 0 N–H and O–H groups in total. The fraction of sp³-hybridized carbons (Fsp3) is 0.880. The first kappa shape index (κ1) is 21.1. The van der Waals surface area contributed by atoms with E-state index in [2.05, 4.69) is 27.4 Å². The van der Waals surface area contributed by atoms with Crippen molar-refractivity contribution in [2.75, 3.05) is 0 Å². The number of hydrogen-bond acceptors (Lipinski definition) is 3. The number of allylic oxidation sites excluding steroid dienone is 1.